The second-order valence-electron chi connectivity index (χ2n) is 6.63. The Labute approximate surface area is 162 Å². The van der Waals surface area contributed by atoms with Crippen LogP contribution in [0.5, 0.6) is 5.75 Å². The quantitative estimate of drug-likeness (QED) is 0.636. The fourth-order valence-corrected chi connectivity index (χ4v) is 3.08. The van der Waals surface area contributed by atoms with Crippen LogP contribution in [0.25, 0.3) is 0 Å². The summed E-state index contributed by atoms with van der Waals surface area (Å²) in [6.45, 7) is 8.04. The number of amides is 1. The Balaban J connectivity index is 2.18. The summed E-state index contributed by atoms with van der Waals surface area (Å²) >= 11 is 0. The summed E-state index contributed by atoms with van der Waals surface area (Å²) in [4.78, 5) is 14.8. The molecule has 27 heavy (non-hydrogen) atoms. The van der Waals surface area contributed by atoms with Crippen molar-refractivity contribution in [2.24, 2.45) is 0 Å². The van der Waals surface area contributed by atoms with Crippen molar-refractivity contribution in [2.45, 2.75) is 46.7 Å². The third kappa shape index (κ3) is 5.82. The highest BCUT2D eigenvalue weighted by Gasteiger charge is 2.21. The highest BCUT2D eigenvalue weighted by atomic mass is 32.2. The molecule has 0 aromatic heterocycles. The number of aryl methyl sites for hydroxylation is 1. The average molecular weight is 390 g/mol. The number of benzene rings is 2. The minimum atomic E-state index is -3.54. The summed E-state index contributed by atoms with van der Waals surface area (Å²) in [6.07, 6.45) is 0.841. The maximum atomic E-state index is 13.0. The van der Waals surface area contributed by atoms with Crippen LogP contribution in [0.15, 0.2) is 48.5 Å². The second kappa shape index (κ2) is 9.04. The van der Waals surface area contributed by atoms with E-state index in [1.54, 1.807) is 24.3 Å². The van der Waals surface area contributed by atoms with Crippen LogP contribution in [0.4, 0.5) is 0 Å². The monoisotopic (exact) mass is 389 g/mol. The lowest BCUT2D eigenvalue weighted by molar-refractivity contribution is 0.0671. The SMILES string of the molecule is CCC(C)N(Cc1ccc(OS(=O)(=O)CC)cc1)C(=O)c1ccc(C)cc1. The molecule has 146 valence electrons. The molecule has 1 amide bonds. The molecular weight excluding hydrogens is 362 g/mol. The van der Waals surface area contributed by atoms with Crippen molar-refractivity contribution in [1.82, 2.24) is 4.90 Å². The van der Waals surface area contributed by atoms with Crippen molar-refractivity contribution in [3.63, 3.8) is 0 Å². The van der Waals surface area contributed by atoms with Crippen LogP contribution in [0, 0.1) is 6.92 Å². The standard InChI is InChI=1S/C21H27NO4S/c1-5-17(4)22(21(23)19-11-7-16(3)8-12-19)15-18-9-13-20(14-10-18)26-27(24,25)6-2/h7-14,17H,5-6,15H2,1-4H3. The molecular formula is C21H27NO4S. The van der Waals surface area contributed by atoms with Crippen LogP contribution in [0.3, 0.4) is 0 Å². The molecule has 2 rings (SSSR count). The summed E-state index contributed by atoms with van der Waals surface area (Å²) in [6, 6.07) is 14.5. The minimum absolute atomic E-state index is 0.0155. The van der Waals surface area contributed by atoms with E-state index in [0.29, 0.717) is 12.1 Å². The van der Waals surface area contributed by atoms with Gasteiger partial charge in [-0.1, -0.05) is 36.8 Å². The number of rotatable bonds is 8. The molecule has 0 saturated heterocycles. The zero-order chi connectivity index (χ0) is 20.0. The van der Waals surface area contributed by atoms with Gasteiger partial charge in [-0.3, -0.25) is 4.79 Å². The van der Waals surface area contributed by atoms with Crippen molar-refractivity contribution >= 4 is 16.0 Å². The topological polar surface area (TPSA) is 63.7 Å². The summed E-state index contributed by atoms with van der Waals surface area (Å²) < 4.78 is 28.1. The highest BCUT2D eigenvalue weighted by molar-refractivity contribution is 7.87. The molecule has 2 aromatic carbocycles. The maximum Gasteiger partial charge on any atom is 0.308 e. The van der Waals surface area contributed by atoms with Crippen LogP contribution < -0.4 is 4.18 Å². The van der Waals surface area contributed by atoms with Crippen molar-refractivity contribution in [3.05, 3.63) is 65.2 Å². The Kier molecular flexibility index (Phi) is 7.02. The van der Waals surface area contributed by atoms with E-state index in [9.17, 15) is 13.2 Å². The summed E-state index contributed by atoms with van der Waals surface area (Å²) in [5.74, 6) is 0.181. The summed E-state index contributed by atoms with van der Waals surface area (Å²) in [5, 5.41) is 0. The number of nitrogens with zero attached hydrogens (tertiary/aromatic N) is 1. The van der Waals surface area contributed by atoms with Gasteiger partial charge in [0.2, 0.25) is 0 Å². The zero-order valence-corrected chi connectivity index (χ0v) is 17.1. The van der Waals surface area contributed by atoms with Crippen LogP contribution >= 0.6 is 0 Å². The lowest BCUT2D eigenvalue weighted by atomic mass is 10.1. The Morgan fingerprint density at radius 2 is 1.63 bits per heavy atom. The molecule has 0 fully saturated rings. The van der Waals surface area contributed by atoms with E-state index >= 15 is 0 Å². The molecule has 0 bridgehead atoms. The van der Waals surface area contributed by atoms with Gasteiger partial charge in [0.15, 0.2) is 0 Å². The van der Waals surface area contributed by atoms with Crippen LogP contribution in [0.2, 0.25) is 0 Å². The van der Waals surface area contributed by atoms with E-state index in [4.69, 9.17) is 4.18 Å². The Hall–Kier alpha value is -2.34. The molecule has 0 N–H and O–H groups in total. The molecule has 6 heteroatoms. The van der Waals surface area contributed by atoms with Gasteiger partial charge in [0.05, 0.1) is 5.75 Å². The van der Waals surface area contributed by atoms with E-state index in [1.165, 1.54) is 6.92 Å². The smallest absolute Gasteiger partial charge is 0.308 e. The molecule has 0 aliphatic rings. The zero-order valence-electron chi connectivity index (χ0n) is 16.3. The molecule has 0 spiro atoms. The van der Waals surface area contributed by atoms with Crippen molar-refractivity contribution in [1.29, 1.82) is 0 Å². The largest absolute Gasteiger partial charge is 0.382 e. The predicted octanol–water partition coefficient (Wildman–Crippen LogP) is 4.16. The predicted molar refractivity (Wildman–Crippen MR) is 107 cm³/mol. The fourth-order valence-electron chi connectivity index (χ4n) is 2.56. The number of carbonyl (C=O) groups excluding carboxylic acids is 1. The van der Waals surface area contributed by atoms with Crippen molar-refractivity contribution in [3.8, 4) is 5.75 Å². The maximum absolute atomic E-state index is 13.0. The first-order valence-corrected chi connectivity index (χ1v) is 10.7. The van der Waals surface area contributed by atoms with Crippen LogP contribution in [-0.4, -0.2) is 31.0 Å². The van der Waals surface area contributed by atoms with Gasteiger partial charge in [0.1, 0.15) is 5.75 Å². The van der Waals surface area contributed by atoms with E-state index in [-0.39, 0.29) is 23.5 Å². The molecule has 5 nitrogen and oxygen atoms in total. The van der Waals surface area contributed by atoms with E-state index in [2.05, 4.69) is 0 Å². The van der Waals surface area contributed by atoms with E-state index in [1.807, 2.05) is 49.9 Å². The third-order valence-corrected chi connectivity index (χ3v) is 5.69. The normalized spacial score (nSPS) is 12.4. The summed E-state index contributed by atoms with van der Waals surface area (Å²) in [7, 11) is -3.54. The Bertz CT molecular complexity index is 858. The van der Waals surface area contributed by atoms with Gasteiger partial charge in [-0.05, 0) is 57.0 Å². The summed E-state index contributed by atoms with van der Waals surface area (Å²) in [5.41, 5.74) is 2.69. The minimum Gasteiger partial charge on any atom is -0.382 e. The Morgan fingerprint density at radius 1 is 1.04 bits per heavy atom. The van der Waals surface area contributed by atoms with Gasteiger partial charge < -0.3 is 9.08 Å². The number of hydrogen-bond donors (Lipinski definition) is 0. The molecule has 0 saturated carbocycles. The molecule has 0 heterocycles. The average Bonchev–Trinajstić information content (AvgIpc) is 2.66. The van der Waals surface area contributed by atoms with Crippen molar-refractivity contribution < 1.29 is 17.4 Å². The highest BCUT2D eigenvalue weighted by Crippen LogP contribution is 2.19. The second-order valence-corrected chi connectivity index (χ2v) is 8.49. The van der Waals surface area contributed by atoms with Crippen molar-refractivity contribution in [2.75, 3.05) is 5.75 Å². The van der Waals surface area contributed by atoms with Gasteiger partial charge >= 0.3 is 10.1 Å². The van der Waals surface area contributed by atoms with Gasteiger partial charge in [0.25, 0.3) is 5.91 Å². The molecule has 0 aliphatic carbocycles. The lowest BCUT2D eigenvalue weighted by Gasteiger charge is -2.29. The number of hydrogen-bond acceptors (Lipinski definition) is 4. The molecule has 1 atom stereocenters. The first kappa shape index (κ1) is 21.0. The van der Waals surface area contributed by atoms with Crippen LogP contribution in [-0.2, 0) is 16.7 Å². The van der Waals surface area contributed by atoms with Crippen LogP contribution in [0.1, 0.15) is 48.7 Å². The fraction of sp³-hybridized carbons (Fsp3) is 0.381. The first-order valence-electron chi connectivity index (χ1n) is 9.14. The third-order valence-electron chi connectivity index (χ3n) is 4.54. The van der Waals surface area contributed by atoms with E-state index < -0.39 is 10.1 Å². The molecule has 2 aromatic rings. The van der Waals surface area contributed by atoms with Gasteiger partial charge in [-0.15, -0.1) is 0 Å². The lowest BCUT2D eigenvalue weighted by Crippen LogP contribution is -2.37. The first-order chi connectivity index (χ1) is 12.8. The number of carbonyl (C=O) groups is 1. The molecule has 0 radical (unpaired) electrons. The van der Waals surface area contributed by atoms with E-state index in [0.717, 1.165) is 17.5 Å². The molecule has 0 aliphatic heterocycles. The van der Waals surface area contributed by atoms with Gasteiger partial charge in [0, 0.05) is 18.2 Å². The van der Waals surface area contributed by atoms with Gasteiger partial charge in [-0.25, -0.2) is 0 Å². The Morgan fingerprint density at radius 3 is 2.15 bits per heavy atom. The molecule has 1 unspecified atom stereocenters. The van der Waals surface area contributed by atoms with Gasteiger partial charge in [-0.2, -0.15) is 8.42 Å².